The Kier molecular flexibility index (Phi) is 6.11. The summed E-state index contributed by atoms with van der Waals surface area (Å²) in [6.45, 7) is 2.55. The standard InChI is InChI=1S/C8H18F2N2O/c1-3-13-5-4-12(2)7-8(9,10)6-11/h3-7,11H2,1-2H3. The van der Waals surface area contributed by atoms with E-state index in [9.17, 15) is 8.78 Å². The molecule has 0 heterocycles. The van der Waals surface area contributed by atoms with Crippen LogP contribution in [0.4, 0.5) is 8.78 Å². The lowest BCUT2D eigenvalue weighted by molar-refractivity contribution is -0.0222. The van der Waals surface area contributed by atoms with Crippen LogP contribution in [0.2, 0.25) is 0 Å². The molecule has 13 heavy (non-hydrogen) atoms. The highest BCUT2D eigenvalue weighted by atomic mass is 19.3. The van der Waals surface area contributed by atoms with Crippen molar-refractivity contribution in [2.75, 3.05) is 39.9 Å². The fraction of sp³-hybridized carbons (Fsp3) is 1.00. The van der Waals surface area contributed by atoms with Gasteiger partial charge in [0.05, 0.1) is 19.7 Å². The van der Waals surface area contributed by atoms with Crippen LogP contribution in [0.3, 0.4) is 0 Å². The van der Waals surface area contributed by atoms with Crippen LogP contribution in [0.25, 0.3) is 0 Å². The Labute approximate surface area is 77.8 Å². The van der Waals surface area contributed by atoms with Crippen LogP contribution in [0.15, 0.2) is 0 Å². The van der Waals surface area contributed by atoms with E-state index in [0.717, 1.165) is 0 Å². The van der Waals surface area contributed by atoms with Crippen molar-refractivity contribution in [1.29, 1.82) is 0 Å². The zero-order valence-corrected chi connectivity index (χ0v) is 8.22. The molecule has 0 aliphatic rings. The molecule has 0 unspecified atom stereocenters. The molecule has 0 fully saturated rings. The van der Waals surface area contributed by atoms with E-state index < -0.39 is 12.5 Å². The zero-order chi connectivity index (χ0) is 10.3. The first-order chi connectivity index (χ1) is 6.02. The molecule has 0 bridgehead atoms. The molecule has 0 radical (unpaired) electrons. The number of hydrogen-bond donors (Lipinski definition) is 1. The predicted octanol–water partition coefficient (Wildman–Crippen LogP) is 0.549. The molecule has 0 aromatic rings. The third-order valence-electron chi connectivity index (χ3n) is 1.62. The van der Waals surface area contributed by atoms with Gasteiger partial charge in [-0.05, 0) is 14.0 Å². The molecule has 0 aromatic heterocycles. The van der Waals surface area contributed by atoms with E-state index in [1.54, 1.807) is 7.05 Å². The Balaban J connectivity index is 3.55. The second-order valence-corrected chi connectivity index (χ2v) is 2.99. The molecule has 0 amide bonds. The van der Waals surface area contributed by atoms with Crippen LogP contribution >= 0.6 is 0 Å². The van der Waals surface area contributed by atoms with Gasteiger partial charge >= 0.3 is 0 Å². The molecule has 0 saturated carbocycles. The molecule has 0 rings (SSSR count). The van der Waals surface area contributed by atoms with Gasteiger partial charge in [-0.2, -0.15) is 0 Å². The first-order valence-electron chi connectivity index (χ1n) is 4.36. The van der Waals surface area contributed by atoms with Gasteiger partial charge in [-0.3, -0.25) is 4.90 Å². The largest absolute Gasteiger partial charge is 0.380 e. The summed E-state index contributed by atoms with van der Waals surface area (Å²) in [6.07, 6.45) is 0. The number of nitrogens with two attached hydrogens (primary N) is 1. The monoisotopic (exact) mass is 196 g/mol. The summed E-state index contributed by atoms with van der Waals surface area (Å²) in [7, 11) is 1.63. The van der Waals surface area contributed by atoms with Crippen molar-refractivity contribution in [2.45, 2.75) is 12.8 Å². The van der Waals surface area contributed by atoms with Crippen LogP contribution in [-0.4, -0.2) is 50.7 Å². The lowest BCUT2D eigenvalue weighted by Crippen LogP contribution is -2.41. The Morgan fingerprint density at radius 2 is 2.08 bits per heavy atom. The fourth-order valence-electron chi connectivity index (χ4n) is 0.903. The Morgan fingerprint density at radius 3 is 2.54 bits per heavy atom. The molecule has 0 atom stereocenters. The predicted molar refractivity (Wildman–Crippen MR) is 48.0 cm³/mol. The highest BCUT2D eigenvalue weighted by Crippen LogP contribution is 2.11. The zero-order valence-electron chi connectivity index (χ0n) is 8.22. The van der Waals surface area contributed by atoms with Gasteiger partial charge in [0, 0.05) is 13.2 Å². The number of halogens is 2. The summed E-state index contributed by atoms with van der Waals surface area (Å²) >= 11 is 0. The number of hydrogen-bond acceptors (Lipinski definition) is 3. The van der Waals surface area contributed by atoms with Gasteiger partial charge in [0.15, 0.2) is 0 Å². The van der Waals surface area contributed by atoms with Gasteiger partial charge in [-0.25, -0.2) is 8.78 Å². The van der Waals surface area contributed by atoms with Crippen molar-refractivity contribution >= 4 is 0 Å². The highest BCUT2D eigenvalue weighted by Gasteiger charge is 2.28. The van der Waals surface area contributed by atoms with Crippen LogP contribution in [0.1, 0.15) is 6.92 Å². The molecule has 0 aromatic carbocycles. The topological polar surface area (TPSA) is 38.5 Å². The number of nitrogens with zero attached hydrogens (tertiary/aromatic N) is 1. The third kappa shape index (κ3) is 6.86. The number of ether oxygens (including phenoxy) is 1. The quantitative estimate of drug-likeness (QED) is 0.604. The molecule has 80 valence electrons. The summed E-state index contributed by atoms with van der Waals surface area (Å²) in [6, 6.07) is 0. The number of alkyl halides is 2. The SMILES string of the molecule is CCOCCN(C)CC(F)(F)CN. The summed E-state index contributed by atoms with van der Waals surface area (Å²) in [5.74, 6) is -2.79. The molecule has 0 spiro atoms. The van der Waals surface area contributed by atoms with Crippen molar-refractivity contribution in [3.05, 3.63) is 0 Å². The Bertz CT molecular complexity index is 133. The van der Waals surface area contributed by atoms with E-state index in [1.165, 1.54) is 4.90 Å². The van der Waals surface area contributed by atoms with Gasteiger partial charge in [0.2, 0.25) is 0 Å². The van der Waals surface area contributed by atoms with Crippen molar-refractivity contribution in [2.24, 2.45) is 5.73 Å². The van der Waals surface area contributed by atoms with Crippen LogP contribution in [0, 0.1) is 0 Å². The molecule has 3 nitrogen and oxygen atoms in total. The second kappa shape index (κ2) is 6.23. The smallest absolute Gasteiger partial charge is 0.272 e. The van der Waals surface area contributed by atoms with Crippen LogP contribution in [-0.2, 0) is 4.74 Å². The lowest BCUT2D eigenvalue weighted by atomic mass is 10.3. The van der Waals surface area contributed by atoms with E-state index in [-0.39, 0.29) is 6.54 Å². The van der Waals surface area contributed by atoms with Gasteiger partial charge < -0.3 is 10.5 Å². The molecule has 5 heteroatoms. The number of likely N-dealkylation sites (N-methyl/N-ethyl adjacent to an activating group) is 1. The van der Waals surface area contributed by atoms with E-state index in [0.29, 0.717) is 19.8 Å². The molecule has 0 aliphatic carbocycles. The van der Waals surface area contributed by atoms with E-state index in [4.69, 9.17) is 10.5 Å². The average molecular weight is 196 g/mol. The summed E-state index contributed by atoms with van der Waals surface area (Å²) in [5, 5.41) is 0. The highest BCUT2D eigenvalue weighted by molar-refractivity contribution is 4.70. The molecule has 2 N–H and O–H groups in total. The van der Waals surface area contributed by atoms with Gasteiger partial charge in [-0.15, -0.1) is 0 Å². The van der Waals surface area contributed by atoms with Crippen LogP contribution in [0.5, 0.6) is 0 Å². The van der Waals surface area contributed by atoms with Crippen molar-refractivity contribution in [1.82, 2.24) is 4.90 Å². The van der Waals surface area contributed by atoms with E-state index in [2.05, 4.69) is 0 Å². The summed E-state index contributed by atoms with van der Waals surface area (Å²) in [4.78, 5) is 1.52. The van der Waals surface area contributed by atoms with Crippen LogP contribution < -0.4 is 5.73 Å². The molecular formula is C8H18F2N2O. The second-order valence-electron chi connectivity index (χ2n) is 2.99. The first kappa shape index (κ1) is 12.7. The summed E-state index contributed by atoms with van der Waals surface area (Å²) < 4.78 is 30.4. The van der Waals surface area contributed by atoms with Gasteiger partial charge in [-0.1, -0.05) is 0 Å². The van der Waals surface area contributed by atoms with Crippen molar-refractivity contribution in [3.63, 3.8) is 0 Å². The number of rotatable bonds is 7. The first-order valence-corrected chi connectivity index (χ1v) is 4.36. The lowest BCUT2D eigenvalue weighted by Gasteiger charge is -2.22. The molecule has 0 aliphatic heterocycles. The normalized spacial score (nSPS) is 12.5. The molecule has 0 saturated heterocycles. The summed E-state index contributed by atoms with van der Waals surface area (Å²) in [5.41, 5.74) is 4.90. The Hall–Kier alpha value is -0.260. The Morgan fingerprint density at radius 1 is 1.46 bits per heavy atom. The fourth-order valence-corrected chi connectivity index (χ4v) is 0.903. The van der Waals surface area contributed by atoms with E-state index in [1.807, 2.05) is 6.92 Å². The maximum atomic E-state index is 12.7. The maximum Gasteiger partial charge on any atom is 0.272 e. The third-order valence-corrected chi connectivity index (χ3v) is 1.62. The van der Waals surface area contributed by atoms with Gasteiger partial charge in [0.25, 0.3) is 5.92 Å². The average Bonchev–Trinajstić information content (AvgIpc) is 2.04. The maximum absolute atomic E-state index is 12.7. The van der Waals surface area contributed by atoms with Crippen molar-refractivity contribution in [3.8, 4) is 0 Å². The van der Waals surface area contributed by atoms with Crippen molar-refractivity contribution < 1.29 is 13.5 Å². The minimum Gasteiger partial charge on any atom is -0.380 e. The minimum atomic E-state index is -2.79. The minimum absolute atomic E-state index is 0.309. The van der Waals surface area contributed by atoms with Gasteiger partial charge in [0.1, 0.15) is 0 Å². The molecular weight excluding hydrogens is 178 g/mol. The van der Waals surface area contributed by atoms with E-state index >= 15 is 0 Å².